The van der Waals surface area contributed by atoms with Crippen LogP contribution in [0.25, 0.3) is 0 Å². The first-order chi connectivity index (χ1) is 22.0. The van der Waals surface area contributed by atoms with Gasteiger partial charge in [0.05, 0.1) is 7.11 Å². The Kier molecular flexibility index (Phi) is 9.92. The first-order valence-electron chi connectivity index (χ1n) is 19.1. The molecule has 0 radical (unpaired) electrons. The summed E-state index contributed by atoms with van der Waals surface area (Å²) in [4.78, 5) is 40.3. The molecule has 5 aliphatic carbocycles. The van der Waals surface area contributed by atoms with Crippen LogP contribution >= 0.6 is 0 Å². The number of esters is 3. The average molecular weight is 655 g/mol. The Morgan fingerprint density at radius 1 is 0.766 bits per heavy atom. The Labute approximate surface area is 285 Å². The lowest BCUT2D eigenvalue weighted by molar-refractivity contribution is -0.227. The highest BCUT2D eigenvalue weighted by atomic mass is 16.6. The highest BCUT2D eigenvalue weighted by Gasteiger charge is 2.72. The van der Waals surface area contributed by atoms with E-state index in [-0.39, 0.29) is 57.0 Å². The van der Waals surface area contributed by atoms with Crippen molar-refractivity contribution in [1.29, 1.82) is 0 Å². The second-order valence-electron chi connectivity index (χ2n) is 18.5. The van der Waals surface area contributed by atoms with E-state index >= 15 is 0 Å². The van der Waals surface area contributed by atoms with Crippen LogP contribution in [0.4, 0.5) is 0 Å². The van der Waals surface area contributed by atoms with Gasteiger partial charge in [-0.3, -0.25) is 14.4 Å². The molecule has 0 aromatic heterocycles. The van der Waals surface area contributed by atoms with E-state index in [9.17, 15) is 14.4 Å². The molecule has 0 amide bonds. The van der Waals surface area contributed by atoms with Gasteiger partial charge in [0.1, 0.15) is 17.6 Å². The van der Waals surface area contributed by atoms with Crippen molar-refractivity contribution in [2.45, 2.75) is 171 Å². The molecule has 0 aromatic carbocycles. The number of carbonyl (C=O) groups is 3. The molecule has 0 heterocycles. The van der Waals surface area contributed by atoms with Crippen molar-refractivity contribution in [3.8, 4) is 0 Å². The molecule has 5 aliphatic rings. The number of carbonyl (C=O) groups excluding carboxylic acids is 3. The summed E-state index contributed by atoms with van der Waals surface area (Å²) in [6, 6.07) is 0. The van der Waals surface area contributed by atoms with Crippen molar-refractivity contribution in [3.05, 3.63) is 11.6 Å². The maximum atomic E-state index is 14.1. The summed E-state index contributed by atoms with van der Waals surface area (Å²) < 4.78 is 18.4. The summed E-state index contributed by atoms with van der Waals surface area (Å²) in [5.74, 6) is 0.445. The van der Waals surface area contributed by atoms with Crippen molar-refractivity contribution in [1.82, 2.24) is 0 Å². The number of unbranched alkanes of at least 4 members (excludes halogenated alkanes) is 2. The minimum atomic E-state index is -0.844. The van der Waals surface area contributed by atoms with Gasteiger partial charge in [-0.05, 0) is 104 Å². The normalized spacial score (nSPS) is 41.6. The second kappa shape index (κ2) is 12.8. The Morgan fingerprint density at radius 2 is 1.38 bits per heavy atom. The first kappa shape index (κ1) is 36.4. The highest BCUT2D eigenvalue weighted by Crippen LogP contribution is 2.76. The standard InChI is InChI=1S/C41H66O6/c1-11-13-15-33(42)46-31-20-21-38(7)29(37(31,5)6)19-22-39(8)30(38)18-17-27-28-25-36(3,4)23-24-41(28,35(44)45-10)32(26-40(27,39)9)47-34(43)16-14-12-2/h17,28-32H,11-16,18-26H2,1-10H3/t28-,29-,30+,31-,32+,38-,39+,40+,41+/m0/s1. The quantitative estimate of drug-likeness (QED) is 0.140. The first-order valence-corrected chi connectivity index (χ1v) is 19.1. The Hall–Kier alpha value is -1.85. The molecule has 266 valence electrons. The molecule has 0 aromatic rings. The number of methoxy groups -OCH3 is 1. The molecular formula is C41H66O6. The van der Waals surface area contributed by atoms with Gasteiger partial charge in [0.15, 0.2) is 0 Å². The second-order valence-corrected chi connectivity index (χ2v) is 18.5. The molecule has 9 atom stereocenters. The van der Waals surface area contributed by atoms with Crippen molar-refractivity contribution in [3.63, 3.8) is 0 Å². The van der Waals surface area contributed by atoms with Crippen LogP contribution in [0.2, 0.25) is 0 Å². The SMILES string of the molecule is CCCCC(=O)O[C@H]1CC[C@]2(C)[C@H]3CC=C4[C@@H]5CC(C)(C)CC[C@]5(C(=O)OC)[C@H](OC(=O)CCCC)C[C@@]4(C)[C@]3(C)CC[C@H]2C1(C)C. The fourth-order valence-corrected chi connectivity index (χ4v) is 12.3. The fourth-order valence-electron chi connectivity index (χ4n) is 12.3. The summed E-state index contributed by atoms with van der Waals surface area (Å²) in [7, 11) is 1.51. The lowest BCUT2D eigenvalue weighted by Gasteiger charge is -2.71. The minimum Gasteiger partial charge on any atom is -0.468 e. The molecule has 0 aliphatic heterocycles. The summed E-state index contributed by atoms with van der Waals surface area (Å²) in [6.07, 6.45) is 14.7. The number of hydrogen-bond acceptors (Lipinski definition) is 6. The van der Waals surface area contributed by atoms with E-state index < -0.39 is 11.5 Å². The smallest absolute Gasteiger partial charge is 0.316 e. The highest BCUT2D eigenvalue weighted by molar-refractivity contribution is 5.80. The minimum absolute atomic E-state index is 0.0144. The third-order valence-electron chi connectivity index (χ3n) is 15.2. The third-order valence-corrected chi connectivity index (χ3v) is 15.2. The van der Waals surface area contributed by atoms with Gasteiger partial charge >= 0.3 is 17.9 Å². The number of ether oxygens (including phenoxy) is 3. The molecule has 6 nitrogen and oxygen atoms in total. The molecule has 0 spiro atoms. The van der Waals surface area contributed by atoms with Crippen molar-refractivity contribution in [2.24, 2.45) is 50.2 Å². The van der Waals surface area contributed by atoms with E-state index in [0.29, 0.717) is 37.5 Å². The van der Waals surface area contributed by atoms with Gasteiger partial charge in [-0.1, -0.05) is 86.8 Å². The maximum Gasteiger partial charge on any atom is 0.316 e. The third kappa shape index (κ3) is 5.72. The van der Waals surface area contributed by atoms with Gasteiger partial charge in [0.25, 0.3) is 0 Å². The number of rotatable bonds is 9. The van der Waals surface area contributed by atoms with Gasteiger partial charge in [-0.15, -0.1) is 0 Å². The molecule has 47 heavy (non-hydrogen) atoms. The van der Waals surface area contributed by atoms with Gasteiger partial charge in [0, 0.05) is 24.2 Å². The van der Waals surface area contributed by atoms with Crippen LogP contribution in [-0.4, -0.2) is 37.2 Å². The molecule has 6 heteroatoms. The molecule has 4 fully saturated rings. The summed E-state index contributed by atoms with van der Waals surface area (Å²) in [5, 5.41) is 0. The Bertz CT molecular complexity index is 1250. The molecule has 5 rings (SSSR count). The van der Waals surface area contributed by atoms with Crippen molar-refractivity contribution < 1.29 is 28.6 Å². The monoisotopic (exact) mass is 654 g/mol. The molecule has 0 N–H and O–H groups in total. The van der Waals surface area contributed by atoms with Gasteiger partial charge in [0.2, 0.25) is 0 Å². The summed E-state index contributed by atoms with van der Waals surface area (Å²) in [6.45, 7) is 21.1. The average Bonchev–Trinajstić information content (AvgIpc) is 3.00. The predicted molar refractivity (Wildman–Crippen MR) is 185 cm³/mol. The predicted octanol–water partition coefficient (Wildman–Crippen LogP) is 9.78. The van der Waals surface area contributed by atoms with E-state index in [4.69, 9.17) is 14.2 Å². The van der Waals surface area contributed by atoms with E-state index in [0.717, 1.165) is 70.6 Å². The van der Waals surface area contributed by atoms with Crippen LogP contribution < -0.4 is 0 Å². The zero-order valence-electron chi connectivity index (χ0n) is 31.5. The summed E-state index contributed by atoms with van der Waals surface area (Å²) in [5.41, 5.74) is 0.390. The largest absolute Gasteiger partial charge is 0.468 e. The molecule has 0 unspecified atom stereocenters. The van der Waals surface area contributed by atoms with Gasteiger partial charge in [-0.25, -0.2) is 0 Å². The maximum absolute atomic E-state index is 14.1. The van der Waals surface area contributed by atoms with Crippen LogP contribution in [0, 0.1) is 50.2 Å². The van der Waals surface area contributed by atoms with Gasteiger partial charge in [-0.2, -0.15) is 0 Å². The zero-order valence-corrected chi connectivity index (χ0v) is 31.5. The van der Waals surface area contributed by atoms with E-state index in [1.807, 2.05) is 0 Å². The van der Waals surface area contributed by atoms with Crippen LogP contribution in [0.15, 0.2) is 11.6 Å². The Balaban J connectivity index is 1.55. The molecule has 0 bridgehead atoms. The van der Waals surface area contributed by atoms with Crippen LogP contribution in [0.1, 0.15) is 159 Å². The Morgan fingerprint density at radius 3 is 1.98 bits per heavy atom. The van der Waals surface area contributed by atoms with Crippen LogP contribution in [-0.2, 0) is 28.6 Å². The van der Waals surface area contributed by atoms with E-state index in [2.05, 4.69) is 68.4 Å². The van der Waals surface area contributed by atoms with Crippen LogP contribution in [0.3, 0.4) is 0 Å². The topological polar surface area (TPSA) is 78.9 Å². The number of fused-ring (bicyclic) bond motifs is 7. The van der Waals surface area contributed by atoms with E-state index in [1.165, 1.54) is 12.7 Å². The van der Waals surface area contributed by atoms with Crippen LogP contribution in [0.5, 0.6) is 0 Å². The number of hydrogen-bond donors (Lipinski definition) is 0. The lowest BCUT2D eigenvalue weighted by Crippen LogP contribution is -2.68. The molecule has 0 saturated heterocycles. The van der Waals surface area contributed by atoms with Crippen molar-refractivity contribution in [2.75, 3.05) is 7.11 Å². The zero-order chi connectivity index (χ0) is 34.6. The lowest BCUT2D eigenvalue weighted by atomic mass is 9.33. The van der Waals surface area contributed by atoms with Gasteiger partial charge < -0.3 is 14.2 Å². The summed E-state index contributed by atoms with van der Waals surface area (Å²) >= 11 is 0. The fraction of sp³-hybridized carbons (Fsp3) is 0.878. The van der Waals surface area contributed by atoms with Crippen molar-refractivity contribution >= 4 is 17.9 Å². The molecular weight excluding hydrogens is 588 g/mol. The number of allylic oxidation sites excluding steroid dienone is 2. The molecule has 4 saturated carbocycles. The van der Waals surface area contributed by atoms with E-state index in [1.54, 1.807) is 0 Å².